The summed E-state index contributed by atoms with van der Waals surface area (Å²) in [7, 11) is 0. The predicted octanol–water partition coefficient (Wildman–Crippen LogP) is 3.13. The quantitative estimate of drug-likeness (QED) is 0.489. The molecule has 34 heavy (non-hydrogen) atoms. The Hall–Kier alpha value is -3.30. The molecule has 2 aromatic heterocycles. The third-order valence-electron chi connectivity index (χ3n) is 5.60. The number of pyridine rings is 1. The second-order valence-corrected chi connectivity index (χ2v) is 9.18. The molecule has 178 valence electrons. The van der Waals surface area contributed by atoms with Crippen LogP contribution < -0.4 is 16.1 Å². The summed E-state index contributed by atoms with van der Waals surface area (Å²) >= 11 is 1.50. The van der Waals surface area contributed by atoms with Gasteiger partial charge in [-0.3, -0.25) is 14.4 Å². The zero-order chi connectivity index (χ0) is 23.9. The lowest BCUT2D eigenvalue weighted by atomic mass is 10.1. The molecule has 1 atom stereocenters. The second-order valence-electron chi connectivity index (χ2n) is 8.14. The van der Waals surface area contributed by atoms with Crippen molar-refractivity contribution in [3.8, 4) is 0 Å². The molecule has 3 heterocycles. The van der Waals surface area contributed by atoms with E-state index in [1.165, 1.54) is 35.9 Å². The number of hydrogen-bond acceptors (Lipinski definition) is 5. The van der Waals surface area contributed by atoms with Crippen molar-refractivity contribution in [2.75, 3.05) is 13.2 Å². The topological polar surface area (TPSA) is 89.4 Å². The lowest BCUT2D eigenvalue weighted by Gasteiger charge is -2.15. The maximum atomic E-state index is 13.4. The van der Waals surface area contributed by atoms with E-state index in [9.17, 15) is 18.8 Å². The SMILES string of the molecule is O=C(NCCc1cccc(F)c1)c1cn(C[C@H]2CCCO2)cc(C(=O)NCc2cccs2)c1=O. The summed E-state index contributed by atoms with van der Waals surface area (Å²) in [5, 5.41) is 7.38. The number of carbonyl (C=O) groups is 2. The average molecular weight is 484 g/mol. The Labute approximate surface area is 200 Å². The zero-order valence-electron chi connectivity index (χ0n) is 18.6. The fraction of sp³-hybridized carbons (Fsp3) is 0.320. The number of ether oxygens (including phenoxy) is 1. The Kier molecular flexibility index (Phi) is 7.87. The first kappa shape index (κ1) is 23.8. The molecule has 0 aliphatic carbocycles. The van der Waals surface area contributed by atoms with Crippen LogP contribution in [0.15, 0.2) is 59.0 Å². The maximum Gasteiger partial charge on any atom is 0.257 e. The van der Waals surface area contributed by atoms with E-state index in [0.717, 1.165) is 23.3 Å². The van der Waals surface area contributed by atoms with Gasteiger partial charge < -0.3 is 19.9 Å². The fourth-order valence-corrected chi connectivity index (χ4v) is 4.51. The van der Waals surface area contributed by atoms with Crippen molar-refractivity contribution >= 4 is 23.2 Å². The Morgan fingerprint density at radius 2 is 1.91 bits per heavy atom. The van der Waals surface area contributed by atoms with Gasteiger partial charge in [-0.05, 0) is 48.4 Å². The van der Waals surface area contributed by atoms with E-state index in [2.05, 4.69) is 10.6 Å². The van der Waals surface area contributed by atoms with Crippen LogP contribution in [0.25, 0.3) is 0 Å². The number of rotatable bonds is 9. The van der Waals surface area contributed by atoms with Gasteiger partial charge in [-0.15, -0.1) is 11.3 Å². The Morgan fingerprint density at radius 3 is 2.59 bits per heavy atom. The van der Waals surface area contributed by atoms with Gasteiger partial charge >= 0.3 is 0 Å². The lowest BCUT2D eigenvalue weighted by Crippen LogP contribution is -2.36. The second kappa shape index (κ2) is 11.2. The van der Waals surface area contributed by atoms with Crippen LogP contribution in [-0.2, 0) is 24.2 Å². The summed E-state index contributed by atoms with van der Waals surface area (Å²) in [5.41, 5.74) is -0.0957. The highest BCUT2D eigenvalue weighted by molar-refractivity contribution is 7.09. The Morgan fingerprint density at radius 1 is 1.12 bits per heavy atom. The summed E-state index contributed by atoms with van der Waals surface area (Å²) in [5.74, 6) is -1.45. The lowest BCUT2D eigenvalue weighted by molar-refractivity contribution is 0.0925. The Bertz CT molecular complexity index is 1200. The summed E-state index contributed by atoms with van der Waals surface area (Å²) in [4.78, 5) is 39.7. The molecule has 7 nitrogen and oxygen atoms in total. The number of hydrogen-bond donors (Lipinski definition) is 2. The van der Waals surface area contributed by atoms with Gasteiger partial charge in [0.2, 0.25) is 5.43 Å². The third kappa shape index (κ3) is 6.18. The number of nitrogens with zero attached hydrogens (tertiary/aromatic N) is 1. The van der Waals surface area contributed by atoms with Gasteiger partial charge in [0.25, 0.3) is 11.8 Å². The van der Waals surface area contributed by atoms with Gasteiger partial charge in [0.1, 0.15) is 16.9 Å². The molecular weight excluding hydrogens is 457 g/mol. The molecule has 0 spiro atoms. The van der Waals surface area contributed by atoms with Crippen molar-refractivity contribution in [2.24, 2.45) is 0 Å². The number of carbonyl (C=O) groups excluding carboxylic acids is 2. The highest BCUT2D eigenvalue weighted by atomic mass is 32.1. The highest BCUT2D eigenvalue weighted by Gasteiger charge is 2.22. The molecule has 0 unspecified atom stereocenters. The summed E-state index contributed by atoms with van der Waals surface area (Å²) in [6, 6.07) is 9.91. The normalized spacial score (nSPS) is 15.3. The number of aromatic nitrogens is 1. The van der Waals surface area contributed by atoms with Crippen molar-refractivity contribution in [3.05, 3.63) is 91.8 Å². The van der Waals surface area contributed by atoms with Gasteiger partial charge in [0.05, 0.1) is 12.6 Å². The van der Waals surface area contributed by atoms with Gasteiger partial charge in [0.15, 0.2) is 0 Å². The van der Waals surface area contributed by atoms with Crippen LogP contribution >= 0.6 is 11.3 Å². The van der Waals surface area contributed by atoms with E-state index in [4.69, 9.17) is 4.74 Å². The first-order valence-electron chi connectivity index (χ1n) is 11.2. The molecule has 4 rings (SSSR count). The monoisotopic (exact) mass is 483 g/mol. The molecule has 9 heteroatoms. The first-order chi connectivity index (χ1) is 16.5. The third-order valence-corrected chi connectivity index (χ3v) is 6.47. The standard InChI is InChI=1S/C25H26FN3O4S/c26-18-5-1-4-17(12-18)8-9-27-24(31)21-15-29(14-19-6-2-10-33-19)16-22(23(21)30)25(32)28-13-20-7-3-11-34-20/h1,3-5,7,11-12,15-16,19H,2,6,8-10,13-14H2,(H,27,31)(H,28,32)/t19-/m1/s1. The van der Waals surface area contributed by atoms with E-state index < -0.39 is 17.2 Å². The molecule has 1 aliphatic rings. The maximum absolute atomic E-state index is 13.4. The van der Waals surface area contributed by atoms with Crippen molar-refractivity contribution in [1.82, 2.24) is 15.2 Å². The van der Waals surface area contributed by atoms with Gasteiger partial charge in [0, 0.05) is 37.0 Å². The predicted molar refractivity (Wildman–Crippen MR) is 128 cm³/mol. The van der Waals surface area contributed by atoms with Crippen LogP contribution in [0.5, 0.6) is 0 Å². The van der Waals surface area contributed by atoms with Crippen LogP contribution in [0.3, 0.4) is 0 Å². The van der Waals surface area contributed by atoms with Crippen LogP contribution in [0.1, 0.15) is 44.0 Å². The van der Waals surface area contributed by atoms with E-state index >= 15 is 0 Å². The number of halogens is 1. The minimum atomic E-state index is -0.629. The number of amides is 2. The van der Waals surface area contributed by atoms with Crippen molar-refractivity contribution in [1.29, 1.82) is 0 Å². The number of benzene rings is 1. The molecule has 0 radical (unpaired) electrons. The number of nitrogens with one attached hydrogen (secondary N) is 2. The molecule has 1 aliphatic heterocycles. The molecule has 0 bridgehead atoms. The smallest absolute Gasteiger partial charge is 0.257 e. The molecule has 1 fully saturated rings. The summed E-state index contributed by atoms with van der Waals surface area (Å²) in [6.45, 7) is 1.63. The van der Waals surface area contributed by atoms with Crippen molar-refractivity contribution in [3.63, 3.8) is 0 Å². The van der Waals surface area contributed by atoms with Crippen LogP contribution in [-0.4, -0.2) is 35.6 Å². The zero-order valence-corrected chi connectivity index (χ0v) is 19.4. The first-order valence-corrected chi connectivity index (χ1v) is 12.1. The van der Waals surface area contributed by atoms with Crippen LogP contribution in [0, 0.1) is 5.82 Å². The van der Waals surface area contributed by atoms with Crippen molar-refractivity contribution < 1.29 is 18.7 Å². The Balaban J connectivity index is 1.51. The average Bonchev–Trinajstić information content (AvgIpc) is 3.53. The summed E-state index contributed by atoms with van der Waals surface area (Å²) < 4.78 is 20.7. The molecule has 2 N–H and O–H groups in total. The summed E-state index contributed by atoms with van der Waals surface area (Å²) in [6.07, 6.45) is 5.16. The van der Waals surface area contributed by atoms with Crippen molar-refractivity contribution in [2.45, 2.75) is 38.5 Å². The van der Waals surface area contributed by atoms with Gasteiger partial charge in [-0.25, -0.2) is 4.39 Å². The number of thiophene rings is 1. The molecule has 2 amide bonds. The van der Waals surface area contributed by atoms with Crippen LogP contribution in [0.4, 0.5) is 4.39 Å². The van der Waals surface area contributed by atoms with E-state index in [-0.39, 0.29) is 29.6 Å². The largest absolute Gasteiger partial charge is 0.376 e. The van der Waals surface area contributed by atoms with E-state index in [1.54, 1.807) is 16.7 Å². The molecule has 0 saturated carbocycles. The molecule has 1 saturated heterocycles. The molecule has 1 aromatic carbocycles. The van der Waals surface area contributed by atoms with Crippen LogP contribution in [0.2, 0.25) is 0 Å². The van der Waals surface area contributed by atoms with E-state index in [0.29, 0.717) is 26.1 Å². The minimum Gasteiger partial charge on any atom is -0.376 e. The van der Waals surface area contributed by atoms with E-state index in [1.807, 2.05) is 17.5 Å². The molecular formula is C25H26FN3O4S. The van der Waals surface area contributed by atoms with Gasteiger partial charge in [-0.2, -0.15) is 0 Å². The fourth-order valence-electron chi connectivity index (χ4n) is 3.87. The highest BCUT2D eigenvalue weighted by Crippen LogP contribution is 2.15. The molecule has 3 aromatic rings. The van der Waals surface area contributed by atoms with Gasteiger partial charge in [-0.1, -0.05) is 18.2 Å². The minimum absolute atomic E-state index is 0.0339.